The topological polar surface area (TPSA) is 85.7 Å². The lowest BCUT2D eigenvalue weighted by Crippen LogP contribution is -2.03. The molecule has 0 saturated carbocycles. The Morgan fingerprint density at radius 2 is 2.38 bits per heavy atom. The molecule has 0 aliphatic heterocycles. The van der Waals surface area contributed by atoms with E-state index >= 15 is 0 Å². The number of rotatable bonds is 3. The number of H-pyrrole nitrogens is 1. The molecule has 1 N–H and O–H groups in total. The van der Waals surface area contributed by atoms with Gasteiger partial charge in [0.05, 0.1) is 13.3 Å². The van der Waals surface area contributed by atoms with Gasteiger partial charge in [0, 0.05) is 18.3 Å². The first-order chi connectivity index (χ1) is 7.76. The predicted octanol–water partition coefficient (Wildman–Crippen LogP) is 0.475. The van der Waals surface area contributed by atoms with Gasteiger partial charge in [-0.05, 0) is 6.92 Å². The number of aryl methyl sites for hydroxylation is 1. The molecule has 0 radical (unpaired) electrons. The molecule has 0 spiro atoms. The smallest absolute Gasteiger partial charge is 0.360 e. The van der Waals surface area contributed by atoms with Crippen molar-refractivity contribution >= 4 is 5.97 Å². The highest BCUT2D eigenvalue weighted by Gasteiger charge is 2.19. The van der Waals surface area contributed by atoms with Gasteiger partial charge in [0.15, 0.2) is 5.69 Å². The van der Waals surface area contributed by atoms with Crippen LogP contribution in [0.25, 0.3) is 11.3 Å². The number of hydrogen-bond donors (Lipinski definition) is 1. The summed E-state index contributed by atoms with van der Waals surface area (Å²) < 4.78 is 6.34. The van der Waals surface area contributed by atoms with Crippen LogP contribution in [0.15, 0.2) is 12.4 Å². The zero-order chi connectivity index (χ0) is 11.5. The van der Waals surface area contributed by atoms with Gasteiger partial charge in [0.1, 0.15) is 5.69 Å². The first kappa shape index (κ1) is 10.3. The molecule has 7 nitrogen and oxygen atoms in total. The number of carbonyl (C=O) groups excluding carboxylic acids is 1. The van der Waals surface area contributed by atoms with E-state index in [0.717, 1.165) is 12.1 Å². The van der Waals surface area contributed by atoms with Crippen molar-refractivity contribution in [3.63, 3.8) is 0 Å². The van der Waals surface area contributed by atoms with Crippen molar-refractivity contribution in [3.05, 3.63) is 18.1 Å². The number of aromatic nitrogens is 5. The molecular formula is C9H11N5O2. The molecule has 0 bridgehead atoms. The fourth-order valence-corrected chi connectivity index (χ4v) is 1.33. The molecule has 2 heterocycles. The second-order valence-electron chi connectivity index (χ2n) is 3.10. The van der Waals surface area contributed by atoms with Gasteiger partial charge in [-0.2, -0.15) is 15.4 Å². The summed E-state index contributed by atoms with van der Waals surface area (Å²) in [4.78, 5) is 11.4. The van der Waals surface area contributed by atoms with Crippen LogP contribution in [-0.2, 0) is 11.3 Å². The van der Waals surface area contributed by atoms with Crippen LogP contribution in [0.5, 0.6) is 0 Å². The van der Waals surface area contributed by atoms with Crippen LogP contribution in [0, 0.1) is 0 Å². The van der Waals surface area contributed by atoms with Gasteiger partial charge in [0.25, 0.3) is 0 Å². The van der Waals surface area contributed by atoms with Crippen LogP contribution in [0.2, 0.25) is 0 Å². The van der Waals surface area contributed by atoms with Crippen molar-refractivity contribution < 1.29 is 9.53 Å². The Kier molecular flexibility index (Phi) is 2.67. The van der Waals surface area contributed by atoms with Crippen molar-refractivity contribution in [2.75, 3.05) is 7.11 Å². The standard InChI is InChI=1S/C9H11N5O2/c1-3-14-5-6(4-10-14)7-8(9(15)16-2)12-13-11-7/h4-5H,3H2,1-2H3,(H,11,12,13). The number of methoxy groups -OCH3 is 1. The van der Waals surface area contributed by atoms with E-state index in [1.165, 1.54) is 7.11 Å². The van der Waals surface area contributed by atoms with Crippen molar-refractivity contribution in [2.24, 2.45) is 0 Å². The molecule has 0 unspecified atom stereocenters. The minimum absolute atomic E-state index is 0.165. The Labute approximate surface area is 91.4 Å². The Bertz CT molecular complexity index is 501. The zero-order valence-electron chi connectivity index (χ0n) is 8.97. The molecule has 2 rings (SSSR count). The lowest BCUT2D eigenvalue weighted by molar-refractivity contribution is 0.0595. The first-order valence-corrected chi connectivity index (χ1v) is 4.78. The third-order valence-corrected chi connectivity index (χ3v) is 2.16. The summed E-state index contributed by atoms with van der Waals surface area (Å²) in [6.45, 7) is 2.73. The van der Waals surface area contributed by atoms with E-state index in [4.69, 9.17) is 0 Å². The maximum Gasteiger partial charge on any atom is 0.360 e. The fourth-order valence-electron chi connectivity index (χ4n) is 1.33. The van der Waals surface area contributed by atoms with E-state index in [9.17, 15) is 4.79 Å². The molecule has 0 fully saturated rings. The highest BCUT2D eigenvalue weighted by Crippen LogP contribution is 2.19. The molecule has 0 aliphatic carbocycles. The molecule has 0 aromatic carbocycles. The van der Waals surface area contributed by atoms with Gasteiger partial charge in [-0.15, -0.1) is 5.10 Å². The SMILES string of the molecule is CCn1cc(-c2n[nH]nc2C(=O)OC)cn1. The highest BCUT2D eigenvalue weighted by atomic mass is 16.5. The van der Waals surface area contributed by atoms with E-state index < -0.39 is 5.97 Å². The summed E-state index contributed by atoms with van der Waals surface area (Å²) in [5.41, 5.74) is 1.35. The number of esters is 1. The molecule has 2 aromatic rings. The summed E-state index contributed by atoms with van der Waals surface area (Å²) in [6.07, 6.45) is 3.43. The molecule has 84 valence electrons. The third kappa shape index (κ3) is 1.67. The van der Waals surface area contributed by atoms with Crippen LogP contribution >= 0.6 is 0 Å². The lowest BCUT2D eigenvalue weighted by Gasteiger charge is -1.95. The molecule has 0 amide bonds. The van der Waals surface area contributed by atoms with Crippen LogP contribution in [0.4, 0.5) is 0 Å². The number of carbonyl (C=O) groups is 1. The molecule has 0 aliphatic rings. The Balaban J connectivity index is 2.40. The van der Waals surface area contributed by atoms with Crippen molar-refractivity contribution in [3.8, 4) is 11.3 Å². The number of aromatic amines is 1. The Morgan fingerprint density at radius 3 is 3.00 bits per heavy atom. The van der Waals surface area contributed by atoms with E-state index in [-0.39, 0.29) is 5.69 Å². The monoisotopic (exact) mass is 221 g/mol. The predicted molar refractivity (Wildman–Crippen MR) is 54.6 cm³/mol. The molecule has 0 atom stereocenters. The van der Waals surface area contributed by atoms with Gasteiger partial charge < -0.3 is 4.74 Å². The highest BCUT2D eigenvalue weighted by molar-refractivity contribution is 5.93. The average molecular weight is 221 g/mol. The molecule has 7 heteroatoms. The van der Waals surface area contributed by atoms with Crippen LogP contribution in [0.3, 0.4) is 0 Å². The van der Waals surface area contributed by atoms with Gasteiger partial charge >= 0.3 is 5.97 Å². The van der Waals surface area contributed by atoms with Crippen LogP contribution in [-0.4, -0.2) is 38.3 Å². The first-order valence-electron chi connectivity index (χ1n) is 4.78. The number of hydrogen-bond acceptors (Lipinski definition) is 5. The van der Waals surface area contributed by atoms with Gasteiger partial charge in [-0.25, -0.2) is 4.79 Å². The number of nitrogens with zero attached hydrogens (tertiary/aromatic N) is 4. The minimum atomic E-state index is -0.520. The second kappa shape index (κ2) is 4.13. The molecule has 0 saturated heterocycles. The average Bonchev–Trinajstić information content (AvgIpc) is 2.95. The fraction of sp³-hybridized carbons (Fsp3) is 0.333. The van der Waals surface area contributed by atoms with E-state index in [1.54, 1.807) is 17.1 Å². The molecule has 16 heavy (non-hydrogen) atoms. The van der Waals surface area contributed by atoms with E-state index in [0.29, 0.717) is 5.69 Å². The normalized spacial score (nSPS) is 10.4. The van der Waals surface area contributed by atoms with Gasteiger partial charge in [0.2, 0.25) is 0 Å². The van der Waals surface area contributed by atoms with Crippen molar-refractivity contribution in [1.82, 2.24) is 25.2 Å². The maximum absolute atomic E-state index is 11.4. The summed E-state index contributed by atoms with van der Waals surface area (Å²) >= 11 is 0. The van der Waals surface area contributed by atoms with Crippen LogP contribution in [0.1, 0.15) is 17.4 Å². The number of ether oxygens (including phenoxy) is 1. The maximum atomic E-state index is 11.4. The largest absolute Gasteiger partial charge is 0.464 e. The Morgan fingerprint density at radius 1 is 1.56 bits per heavy atom. The summed E-state index contributed by atoms with van der Waals surface area (Å²) in [6, 6.07) is 0. The summed E-state index contributed by atoms with van der Waals surface area (Å²) in [7, 11) is 1.30. The quantitative estimate of drug-likeness (QED) is 0.761. The summed E-state index contributed by atoms with van der Waals surface area (Å²) in [5.74, 6) is -0.520. The van der Waals surface area contributed by atoms with Crippen molar-refractivity contribution in [2.45, 2.75) is 13.5 Å². The van der Waals surface area contributed by atoms with Crippen molar-refractivity contribution in [1.29, 1.82) is 0 Å². The summed E-state index contributed by atoms with van der Waals surface area (Å²) in [5, 5.41) is 14.2. The van der Waals surface area contributed by atoms with E-state index in [2.05, 4.69) is 25.2 Å². The molecule has 2 aromatic heterocycles. The Hall–Kier alpha value is -2.18. The third-order valence-electron chi connectivity index (χ3n) is 2.16. The van der Waals surface area contributed by atoms with Crippen LogP contribution < -0.4 is 0 Å². The zero-order valence-corrected chi connectivity index (χ0v) is 8.97. The van der Waals surface area contributed by atoms with Gasteiger partial charge in [-0.1, -0.05) is 0 Å². The van der Waals surface area contributed by atoms with Gasteiger partial charge in [-0.3, -0.25) is 4.68 Å². The minimum Gasteiger partial charge on any atom is -0.464 e. The second-order valence-corrected chi connectivity index (χ2v) is 3.10. The lowest BCUT2D eigenvalue weighted by atomic mass is 10.2. The van der Waals surface area contributed by atoms with E-state index in [1.807, 2.05) is 6.92 Å². The molecular weight excluding hydrogens is 210 g/mol. The number of nitrogens with one attached hydrogen (secondary N) is 1.